The van der Waals surface area contributed by atoms with Crippen LogP contribution < -0.4 is 10.6 Å². The lowest BCUT2D eigenvalue weighted by atomic mass is 10.1. The van der Waals surface area contributed by atoms with E-state index in [4.69, 9.17) is 12.2 Å². The summed E-state index contributed by atoms with van der Waals surface area (Å²) in [4.78, 5) is 13.8. The molecule has 5 heteroatoms. The first-order valence-electron chi connectivity index (χ1n) is 9.14. The molecule has 1 aliphatic rings. The Morgan fingerprint density at radius 2 is 1.85 bits per heavy atom. The third-order valence-corrected chi connectivity index (χ3v) is 4.96. The van der Waals surface area contributed by atoms with Crippen LogP contribution in [-0.2, 0) is 24.3 Å². The van der Waals surface area contributed by atoms with Crippen molar-refractivity contribution >= 4 is 28.9 Å². The molecule has 136 valence electrons. The van der Waals surface area contributed by atoms with E-state index in [0.29, 0.717) is 24.6 Å². The summed E-state index contributed by atoms with van der Waals surface area (Å²) in [6.45, 7) is 4.31. The van der Waals surface area contributed by atoms with Gasteiger partial charge in [-0.3, -0.25) is 4.79 Å². The van der Waals surface area contributed by atoms with E-state index in [1.54, 1.807) is 0 Å². The summed E-state index contributed by atoms with van der Waals surface area (Å²) in [5, 5.41) is 7.09. The van der Waals surface area contributed by atoms with Crippen molar-refractivity contribution in [2.45, 2.75) is 39.3 Å². The lowest BCUT2D eigenvalue weighted by molar-refractivity contribution is -0.128. The van der Waals surface area contributed by atoms with E-state index in [1.807, 2.05) is 29.2 Å². The van der Waals surface area contributed by atoms with E-state index >= 15 is 0 Å². The lowest BCUT2D eigenvalue weighted by Crippen LogP contribution is -2.29. The van der Waals surface area contributed by atoms with Crippen molar-refractivity contribution < 1.29 is 4.79 Å². The van der Waals surface area contributed by atoms with E-state index in [-0.39, 0.29) is 5.91 Å². The molecule has 2 N–H and O–H groups in total. The van der Waals surface area contributed by atoms with Crippen molar-refractivity contribution in [1.82, 2.24) is 10.2 Å². The summed E-state index contributed by atoms with van der Waals surface area (Å²) >= 11 is 5.42. The number of carbonyl (C=O) groups is 1. The van der Waals surface area contributed by atoms with Crippen LogP contribution in [0.2, 0.25) is 0 Å². The van der Waals surface area contributed by atoms with Gasteiger partial charge in [-0.25, -0.2) is 0 Å². The third-order valence-electron chi connectivity index (χ3n) is 4.71. The number of hydrogen-bond acceptors (Lipinski definition) is 2. The SMILES string of the molecule is CCc1ccc(NC(=S)NCc2ccccc2CN2CCCC2=O)cc1. The first kappa shape index (κ1) is 18.4. The van der Waals surface area contributed by atoms with Crippen molar-refractivity contribution in [1.29, 1.82) is 0 Å². The summed E-state index contributed by atoms with van der Waals surface area (Å²) < 4.78 is 0. The molecule has 1 fully saturated rings. The van der Waals surface area contributed by atoms with Gasteiger partial charge < -0.3 is 15.5 Å². The van der Waals surface area contributed by atoms with Crippen LogP contribution in [0.15, 0.2) is 48.5 Å². The highest BCUT2D eigenvalue weighted by atomic mass is 32.1. The number of likely N-dealkylation sites (tertiary alicyclic amines) is 1. The van der Waals surface area contributed by atoms with Crippen LogP contribution in [0.1, 0.15) is 36.5 Å². The van der Waals surface area contributed by atoms with Crippen LogP contribution in [-0.4, -0.2) is 22.5 Å². The summed E-state index contributed by atoms with van der Waals surface area (Å²) in [6, 6.07) is 16.5. The minimum atomic E-state index is 0.250. The zero-order valence-corrected chi connectivity index (χ0v) is 15.9. The Morgan fingerprint density at radius 1 is 1.12 bits per heavy atom. The summed E-state index contributed by atoms with van der Waals surface area (Å²) in [5.41, 5.74) is 4.62. The highest BCUT2D eigenvalue weighted by Crippen LogP contribution is 2.17. The normalized spacial score (nSPS) is 13.7. The molecule has 3 rings (SSSR count). The Morgan fingerprint density at radius 3 is 2.50 bits per heavy atom. The van der Waals surface area contributed by atoms with Gasteiger partial charge in [0.05, 0.1) is 0 Å². The Hall–Kier alpha value is -2.40. The van der Waals surface area contributed by atoms with E-state index in [1.165, 1.54) is 11.1 Å². The van der Waals surface area contributed by atoms with Crippen LogP contribution in [0.25, 0.3) is 0 Å². The average molecular weight is 368 g/mol. The van der Waals surface area contributed by atoms with Gasteiger partial charge in [-0.1, -0.05) is 43.3 Å². The van der Waals surface area contributed by atoms with E-state index < -0.39 is 0 Å². The maximum atomic E-state index is 11.9. The molecular weight excluding hydrogens is 342 g/mol. The molecule has 1 amide bonds. The lowest BCUT2D eigenvalue weighted by Gasteiger charge is -2.19. The highest BCUT2D eigenvalue weighted by Gasteiger charge is 2.20. The second kappa shape index (κ2) is 8.81. The molecule has 4 nitrogen and oxygen atoms in total. The molecule has 1 saturated heterocycles. The van der Waals surface area contributed by atoms with Gasteiger partial charge in [0.2, 0.25) is 5.91 Å². The van der Waals surface area contributed by atoms with Gasteiger partial charge in [0.1, 0.15) is 0 Å². The molecule has 0 bridgehead atoms. The van der Waals surface area contributed by atoms with Crippen LogP contribution >= 0.6 is 12.2 Å². The molecule has 1 heterocycles. The summed E-state index contributed by atoms with van der Waals surface area (Å²) in [5.74, 6) is 0.250. The van der Waals surface area contributed by atoms with Gasteiger partial charge in [-0.15, -0.1) is 0 Å². The number of thiocarbonyl (C=S) groups is 1. The quantitative estimate of drug-likeness (QED) is 0.761. The van der Waals surface area contributed by atoms with Crippen molar-refractivity contribution in [3.05, 3.63) is 65.2 Å². The Balaban J connectivity index is 1.56. The molecule has 26 heavy (non-hydrogen) atoms. The Kier molecular flexibility index (Phi) is 6.23. The van der Waals surface area contributed by atoms with Gasteiger partial charge in [0.15, 0.2) is 5.11 Å². The van der Waals surface area contributed by atoms with E-state index in [2.05, 4.69) is 41.8 Å². The topological polar surface area (TPSA) is 44.4 Å². The van der Waals surface area contributed by atoms with Gasteiger partial charge in [-0.05, 0) is 53.9 Å². The minimum Gasteiger partial charge on any atom is -0.358 e. The first-order valence-corrected chi connectivity index (χ1v) is 9.55. The highest BCUT2D eigenvalue weighted by molar-refractivity contribution is 7.80. The molecule has 2 aromatic carbocycles. The van der Waals surface area contributed by atoms with Crippen molar-refractivity contribution in [2.75, 3.05) is 11.9 Å². The number of nitrogens with zero attached hydrogens (tertiary/aromatic N) is 1. The largest absolute Gasteiger partial charge is 0.358 e. The van der Waals surface area contributed by atoms with Crippen LogP contribution in [0.5, 0.6) is 0 Å². The number of aryl methyl sites for hydroxylation is 1. The molecule has 0 aromatic heterocycles. The standard InChI is InChI=1S/C21H25N3OS/c1-2-16-9-11-19(12-10-16)23-21(26)22-14-17-6-3-4-7-18(17)15-24-13-5-8-20(24)25/h3-4,6-7,9-12H,2,5,8,13-15H2,1H3,(H2,22,23,26). The molecule has 0 unspecified atom stereocenters. The predicted octanol–water partition coefficient (Wildman–Crippen LogP) is 3.86. The van der Waals surface area contributed by atoms with Crippen molar-refractivity contribution in [3.63, 3.8) is 0 Å². The first-order chi connectivity index (χ1) is 12.7. The van der Waals surface area contributed by atoms with Gasteiger partial charge >= 0.3 is 0 Å². The van der Waals surface area contributed by atoms with E-state index in [9.17, 15) is 4.79 Å². The molecule has 0 atom stereocenters. The van der Waals surface area contributed by atoms with Gasteiger partial charge in [0, 0.05) is 31.7 Å². The monoisotopic (exact) mass is 367 g/mol. The number of hydrogen-bond donors (Lipinski definition) is 2. The zero-order chi connectivity index (χ0) is 18.4. The Bertz CT molecular complexity index is 773. The molecule has 0 spiro atoms. The predicted molar refractivity (Wildman–Crippen MR) is 110 cm³/mol. The summed E-state index contributed by atoms with van der Waals surface area (Å²) in [6.07, 6.45) is 2.66. The summed E-state index contributed by atoms with van der Waals surface area (Å²) in [7, 11) is 0. The zero-order valence-electron chi connectivity index (χ0n) is 15.1. The second-order valence-corrected chi connectivity index (χ2v) is 6.95. The molecule has 0 saturated carbocycles. The van der Waals surface area contributed by atoms with Crippen molar-refractivity contribution in [3.8, 4) is 0 Å². The van der Waals surface area contributed by atoms with Gasteiger partial charge in [0.25, 0.3) is 0 Å². The van der Waals surface area contributed by atoms with Gasteiger partial charge in [-0.2, -0.15) is 0 Å². The number of benzene rings is 2. The minimum absolute atomic E-state index is 0.250. The molecule has 1 aliphatic heterocycles. The Labute approximate surface area is 160 Å². The fourth-order valence-corrected chi connectivity index (χ4v) is 3.33. The number of carbonyl (C=O) groups excluding carboxylic acids is 1. The molecule has 2 aromatic rings. The second-order valence-electron chi connectivity index (χ2n) is 6.55. The number of nitrogens with one attached hydrogen (secondary N) is 2. The maximum Gasteiger partial charge on any atom is 0.222 e. The number of rotatable bonds is 6. The molecule has 0 radical (unpaired) electrons. The van der Waals surface area contributed by atoms with E-state index in [0.717, 1.165) is 30.6 Å². The third kappa shape index (κ3) is 4.82. The number of amides is 1. The van der Waals surface area contributed by atoms with Crippen LogP contribution in [0.4, 0.5) is 5.69 Å². The fourth-order valence-electron chi connectivity index (χ4n) is 3.14. The van der Waals surface area contributed by atoms with Crippen molar-refractivity contribution in [2.24, 2.45) is 0 Å². The molecule has 0 aliphatic carbocycles. The smallest absolute Gasteiger partial charge is 0.222 e. The fraction of sp³-hybridized carbons (Fsp3) is 0.333. The number of anilines is 1. The van der Waals surface area contributed by atoms with Crippen LogP contribution in [0, 0.1) is 0 Å². The van der Waals surface area contributed by atoms with Crippen LogP contribution in [0.3, 0.4) is 0 Å². The average Bonchev–Trinajstić information content (AvgIpc) is 3.06. The maximum absolute atomic E-state index is 11.9. The molecular formula is C21H25N3OS.